The molecule has 0 aliphatic rings. The molecule has 0 radical (unpaired) electrons. The second-order valence-corrected chi connectivity index (χ2v) is 6.17. The molecule has 1 rings (SSSR count). The molecule has 0 N–H and O–H groups in total. The molecule has 96 valence electrons. The molecule has 0 saturated heterocycles. The quantitative estimate of drug-likeness (QED) is 0.833. The third kappa shape index (κ3) is 3.03. The summed E-state index contributed by atoms with van der Waals surface area (Å²) in [6.07, 6.45) is -2.35. The minimum atomic E-state index is -3.61. The van der Waals surface area contributed by atoms with E-state index < -0.39 is 16.3 Å². The van der Waals surface area contributed by atoms with Crippen LogP contribution >= 0.6 is 0 Å². The van der Waals surface area contributed by atoms with Crippen LogP contribution in [0.3, 0.4) is 0 Å². The summed E-state index contributed by atoms with van der Waals surface area (Å²) in [5.41, 5.74) is 1.00. The highest BCUT2D eigenvalue weighted by molar-refractivity contribution is 7.91. The zero-order valence-corrected chi connectivity index (χ0v) is 10.9. The van der Waals surface area contributed by atoms with E-state index in [1.807, 2.05) is 0 Å². The van der Waals surface area contributed by atoms with Crippen LogP contribution in [0.1, 0.15) is 36.5 Å². The van der Waals surface area contributed by atoms with Crippen LogP contribution in [-0.4, -0.2) is 14.2 Å². The summed E-state index contributed by atoms with van der Waals surface area (Å²) in [4.78, 5) is -0.225. The average Bonchev–Trinajstić information content (AvgIpc) is 2.20. The second-order valence-electron chi connectivity index (χ2n) is 4.09. The molecule has 2 nitrogen and oxygen atoms in total. The van der Waals surface area contributed by atoms with Gasteiger partial charge in [-0.1, -0.05) is 6.92 Å². The largest absolute Gasteiger partial charge is 0.265 e. The number of sulfone groups is 1. The van der Waals surface area contributed by atoms with Crippen molar-refractivity contribution in [3.05, 3.63) is 28.8 Å². The molecule has 0 unspecified atom stereocenters. The molecule has 0 amide bonds. The Labute approximate surface area is 101 Å². The number of rotatable bonds is 4. The maximum absolute atomic E-state index is 12.8. The zero-order valence-electron chi connectivity index (χ0n) is 10.1. The van der Waals surface area contributed by atoms with E-state index >= 15 is 0 Å². The molecule has 0 aliphatic carbocycles. The Morgan fingerprint density at radius 3 is 2.18 bits per heavy atom. The summed E-state index contributed by atoms with van der Waals surface area (Å²) in [5.74, 6) is -0.102. The van der Waals surface area contributed by atoms with Crippen LogP contribution in [0.5, 0.6) is 0 Å². The van der Waals surface area contributed by atoms with Crippen molar-refractivity contribution in [1.29, 1.82) is 0 Å². The molecule has 0 atom stereocenters. The summed E-state index contributed by atoms with van der Waals surface area (Å²) < 4.78 is 49.5. The highest BCUT2D eigenvalue weighted by Crippen LogP contribution is 2.30. The Morgan fingerprint density at radius 2 is 1.71 bits per heavy atom. The van der Waals surface area contributed by atoms with Crippen LogP contribution in [0.15, 0.2) is 17.0 Å². The molecule has 0 heterocycles. The maximum Gasteiger partial charge on any atom is 0.265 e. The fraction of sp³-hybridized carbons (Fsp3) is 0.500. The van der Waals surface area contributed by atoms with Gasteiger partial charge < -0.3 is 0 Å². The Bertz CT molecular complexity index is 507. The lowest BCUT2D eigenvalue weighted by molar-refractivity contribution is 0.148. The first-order chi connectivity index (χ1) is 7.79. The normalized spacial score (nSPS) is 12.1. The van der Waals surface area contributed by atoms with Gasteiger partial charge in [0.05, 0.1) is 10.6 Å². The van der Waals surface area contributed by atoms with Gasteiger partial charge >= 0.3 is 0 Å². The molecule has 0 bridgehead atoms. The van der Waals surface area contributed by atoms with E-state index in [0.717, 1.165) is 0 Å². The lowest BCUT2D eigenvalue weighted by Gasteiger charge is -2.12. The first-order valence-corrected chi connectivity index (χ1v) is 7.07. The van der Waals surface area contributed by atoms with Crippen molar-refractivity contribution in [2.75, 3.05) is 5.75 Å². The van der Waals surface area contributed by atoms with Gasteiger partial charge in [0.1, 0.15) is 0 Å². The topological polar surface area (TPSA) is 34.1 Å². The molecule has 1 aromatic carbocycles. The smallest absolute Gasteiger partial charge is 0.224 e. The fourth-order valence-corrected chi connectivity index (χ4v) is 3.25. The number of aryl methyl sites for hydroxylation is 2. The molecular weight excluding hydrogens is 246 g/mol. The van der Waals surface area contributed by atoms with Crippen LogP contribution < -0.4 is 0 Å². The molecule has 1 aromatic rings. The SMILES string of the molecule is CCCS(=O)(=O)c1cc(C)c(C)cc1C(F)F. The van der Waals surface area contributed by atoms with Crippen LogP contribution in [0, 0.1) is 13.8 Å². The van der Waals surface area contributed by atoms with Crippen LogP contribution in [0.4, 0.5) is 8.78 Å². The van der Waals surface area contributed by atoms with E-state index in [-0.39, 0.29) is 16.2 Å². The van der Waals surface area contributed by atoms with Gasteiger partial charge in [-0.05, 0) is 43.5 Å². The standard InChI is InChI=1S/C12H16F2O2S/c1-4-5-17(15,16)11-7-9(3)8(2)6-10(11)12(13)14/h6-7,12H,4-5H2,1-3H3. The monoisotopic (exact) mass is 262 g/mol. The number of hydrogen-bond acceptors (Lipinski definition) is 2. The second kappa shape index (κ2) is 5.12. The van der Waals surface area contributed by atoms with Crippen molar-refractivity contribution in [2.45, 2.75) is 38.5 Å². The van der Waals surface area contributed by atoms with Gasteiger partial charge in [0.15, 0.2) is 9.84 Å². The van der Waals surface area contributed by atoms with Crippen molar-refractivity contribution in [1.82, 2.24) is 0 Å². The molecule has 0 aliphatic heterocycles. The number of halogens is 2. The van der Waals surface area contributed by atoms with Crippen LogP contribution in [0.25, 0.3) is 0 Å². The van der Waals surface area contributed by atoms with Crippen molar-refractivity contribution in [3.63, 3.8) is 0 Å². The van der Waals surface area contributed by atoms with E-state index in [1.54, 1.807) is 20.8 Å². The van der Waals surface area contributed by atoms with E-state index in [0.29, 0.717) is 17.5 Å². The molecule has 17 heavy (non-hydrogen) atoms. The highest BCUT2D eigenvalue weighted by atomic mass is 32.2. The number of hydrogen-bond donors (Lipinski definition) is 0. The first-order valence-electron chi connectivity index (χ1n) is 5.41. The Hall–Kier alpha value is -0.970. The van der Waals surface area contributed by atoms with E-state index in [1.165, 1.54) is 12.1 Å². The summed E-state index contributed by atoms with van der Waals surface area (Å²) in [6, 6.07) is 2.62. The number of alkyl halides is 2. The van der Waals surface area contributed by atoms with Crippen molar-refractivity contribution in [2.24, 2.45) is 0 Å². The maximum atomic E-state index is 12.8. The van der Waals surface area contributed by atoms with Crippen molar-refractivity contribution < 1.29 is 17.2 Å². The summed E-state index contributed by atoms with van der Waals surface area (Å²) in [7, 11) is -3.61. The highest BCUT2D eigenvalue weighted by Gasteiger charge is 2.23. The third-order valence-corrected chi connectivity index (χ3v) is 4.64. The van der Waals surface area contributed by atoms with Crippen LogP contribution in [0.2, 0.25) is 0 Å². The molecule has 0 fully saturated rings. The predicted molar refractivity (Wildman–Crippen MR) is 63.2 cm³/mol. The predicted octanol–water partition coefficient (Wildman–Crippen LogP) is 3.42. The van der Waals surface area contributed by atoms with Gasteiger partial charge in [0.25, 0.3) is 6.43 Å². The third-order valence-electron chi connectivity index (χ3n) is 2.67. The van der Waals surface area contributed by atoms with E-state index in [2.05, 4.69) is 0 Å². The average molecular weight is 262 g/mol. The Morgan fingerprint density at radius 1 is 1.18 bits per heavy atom. The molecular formula is C12H16F2O2S. The Kier molecular flexibility index (Phi) is 4.25. The minimum Gasteiger partial charge on any atom is -0.224 e. The zero-order chi connectivity index (χ0) is 13.2. The lowest BCUT2D eigenvalue weighted by Crippen LogP contribution is -2.10. The van der Waals surface area contributed by atoms with Gasteiger partial charge in [-0.3, -0.25) is 0 Å². The van der Waals surface area contributed by atoms with Gasteiger partial charge in [-0.2, -0.15) is 0 Å². The molecule has 5 heteroatoms. The van der Waals surface area contributed by atoms with Crippen LogP contribution in [-0.2, 0) is 9.84 Å². The van der Waals surface area contributed by atoms with Crippen molar-refractivity contribution in [3.8, 4) is 0 Å². The van der Waals surface area contributed by atoms with Gasteiger partial charge in [-0.15, -0.1) is 0 Å². The number of benzene rings is 1. The van der Waals surface area contributed by atoms with Gasteiger partial charge in [0.2, 0.25) is 0 Å². The van der Waals surface area contributed by atoms with Gasteiger partial charge in [-0.25, -0.2) is 17.2 Å². The molecule has 0 aromatic heterocycles. The molecule has 0 spiro atoms. The van der Waals surface area contributed by atoms with Gasteiger partial charge in [0, 0.05) is 5.56 Å². The minimum absolute atomic E-state index is 0.102. The van der Waals surface area contributed by atoms with E-state index in [9.17, 15) is 17.2 Å². The Balaban J connectivity index is 3.46. The summed E-state index contributed by atoms with van der Waals surface area (Å²) in [5, 5.41) is 0. The first kappa shape index (κ1) is 14.1. The molecule has 0 saturated carbocycles. The summed E-state index contributed by atoms with van der Waals surface area (Å²) >= 11 is 0. The van der Waals surface area contributed by atoms with E-state index in [4.69, 9.17) is 0 Å². The lowest BCUT2D eigenvalue weighted by atomic mass is 10.1. The summed E-state index contributed by atoms with van der Waals surface area (Å²) in [6.45, 7) is 5.12. The van der Waals surface area contributed by atoms with Crippen molar-refractivity contribution >= 4 is 9.84 Å². The fourth-order valence-electron chi connectivity index (χ4n) is 1.63.